The quantitative estimate of drug-likeness (QED) is 0.933. The van der Waals surface area contributed by atoms with Crippen LogP contribution in [0.15, 0.2) is 18.2 Å². The van der Waals surface area contributed by atoms with E-state index in [4.69, 9.17) is 4.74 Å². The second-order valence-electron chi connectivity index (χ2n) is 4.72. The standard InChI is InChI=1S/C13H13F3N2OS/c14-13(15,16)8-3-4-11-10(6-8)18-12(20-11)17-7-9-2-1-5-19-9/h3-4,6,9H,1-2,5,7H2,(H,17,18). The molecule has 20 heavy (non-hydrogen) atoms. The second-order valence-corrected chi connectivity index (χ2v) is 5.75. The Morgan fingerprint density at radius 2 is 2.25 bits per heavy atom. The summed E-state index contributed by atoms with van der Waals surface area (Å²) in [5.74, 6) is 0. The molecule has 1 unspecified atom stereocenters. The summed E-state index contributed by atoms with van der Waals surface area (Å²) in [5.41, 5.74) is -0.291. The van der Waals surface area contributed by atoms with Crippen LogP contribution < -0.4 is 5.32 Å². The maximum absolute atomic E-state index is 12.6. The fourth-order valence-corrected chi connectivity index (χ4v) is 3.04. The van der Waals surface area contributed by atoms with Gasteiger partial charge in [0.2, 0.25) is 0 Å². The number of rotatable bonds is 3. The van der Waals surface area contributed by atoms with Gasteiger partial charge in [-0.3, -0.25) is 0 Å². The van der Waals surface area contributed by atoms with Crippen LogP contribution in [0.3, 0.4) is 0 Å². The summed E-state index contributed by atoms with van der Waals surface area (Å²) in [6.07, 6.45) is -2.09. The molecule has 2 heterocycles. The Morgan fingerprint density at radius 1 is 1.40 bits per heavy atom. The van der Waals surface area contributed by atoms with Gasteiger partial charge in [0.15, 0.2) is 5.13 Å². The Kier molecular flexibility index (Phi) is 3.55. The highest BCUT2D eigenvalue weighted by Gasteiger charge is 2.30. The van der Waals surface area contributed by atoms with E-state index in [9.17, 15) is 13.2 Å². The van der Waals surface area contributed by atoms with Crippen molar-refractivity contribution in [2.24, 2.45) is 0 Å². The lowest BCUT2D eigenvalue weighted by molar-refractivity contribution is -0.137. The van der Waals surface area contributed by atoms with Crippen molar-refractivity contribution in [3.63, 3.8) is 0 Å². The van der Waals surface area contributed by atoms with E-state index >= 15 is 0 Å². The minimum Gasteiger partial charge on any atom is -0.376 e. The van der Waals surface area contributed by atoms with Crippen LogP contribution in [0.5, 0.6) is 0 Å². The molecule has 1 fully saturated rings. The molecule has 0 aliphatic carbocycles. The van der Waals surface area contributed by atoms with Crippen LogP contribution in [0.1, 0.15) is 18.4 Å². The number of aromatic nitrogens is 1. The normalized spacial score (nSPS) is 19.6. The first-order chi connectivity index (χ1) is 9.52. The number of ether oxygens (including phenoxy) is 1. The van der Waals surface area contributed by atoms with Crippen LogP contribution in [0.4, 0.5) is 18.3 Å². The van der Waals surface area contributed by atoms with Crippen LogP contribution >= 0.6 is 11.3 Å². The van der Waals surface area contributed by atoms with Crippen LogP contribution in [0.2, 0.25) is 0 Å². The Morgan fingerprint density at radius 3 is 2.95 bits per heavy atom. The van der Waals surface area contributed by atoms with E-state index in [1.807, 2.05) is 0 Å². The smallest absolute Gasteiger partial charge is 0.376 e. The van der Waals surface area contributed by atoms with Crippen LogP contribution in [0, 0.1) is 0 Å². The molecule has 0 saturated carbocycles. The van der Waals surface area contributed by atoms with Crippen LogP contribution in [-0.2, 0) is 10.9 Å². The van der Waals surface area contributed by atoms with E-state index in [2.05, 4.69) is 10.3 Å². The number of hydrogen-bond donors (Lipinski definition) is 1. The molecule has 0 spiro atoms. The highest BCUT2D eigenvalue weighted by Crippen LogP contribution is 2.34. The molecule has 3 nitrogen and oxygen atoms in total. The van der Waals surface area contributed by atoms with Crippen LogP contribution in [0.25, 0.3) is 10.2 Å². The van der Waals surface area contributed by atoms with E-state index in [0.29, 0.717) is 17.2 Å². The third-order valence-corrected chi connectivity index (χ3v) is 4.21. The number of alkyl halides is 3. The summed E-state index contributed by atoms with van der Waals surface area (Å²) < 4.78 is 44.1. The van der Waals surface area contributed by atoms with E-state index in [-0.39, 0.29) is 6.10 Å². The fourth-order valence-electron chi connectivity index (χ4n) is 2.19. The number of anilines is 1. The third-order valence-electron chi connectivity index (χ3n) is 3.22. The number of halogens is 3. The molecule has 7 heteroatoms. The lowest BCUT2D eigenvalue weighted by atomic mass is 10.2. The molecule has 0 radical (unpaired) electrons. The third kappa shape index (κ3) is 2.88. The Hall–Kier alpha value is -1.34. The van der Waals surface area contributed by atoms with Crippen molar-refractivity contribution in [1.82, 2.24) is 4.98 Å². The topological polar surface area (TPSA) is 34.1 Å². The van der Waals surface area contributed by atoms with Gasteiger partial charge in [-0.25, -0.2) is 4.98 Å². The number of nitrogens with one attached hydrogen (secondary N) is 1. The highest BCUT2D eigenvalue weighted by atomic mass is 32.1. The predicted octanol–water partition coefficient (Wildman–Crippen LogP) is 3.91. The summed E-state index contributed by atoms with van der Waals surface area (Å²) in [7, 11) is 0. The number of nitrogens with zero attached hydrogens (tertiary/aromatic N) is 1. The zero-order valence-electron chi connectivity index (χ0n) is 10.5. The molecule has 0 amide bonds. The summed E-state index contributed by atoms with van der Waals surface area (Å²) in [5, 5.41) is 3.77. The van der Waals surface area contributed by atoms with Gasteiger partial charge in [0.1, 0.15) is 0 Å². The van der Waals surface area contributed by atoms with Gasteiger partial charge in [-0.05, 0) is 31.0 Å². The van der Waals surface area contributed by atoms with Crippen molar-refractivity contribution in [3.05, 3.63) is 23.8 Å². The Balaban J connectivity index is 1.76. The van der Waals surface area contributed by atoms with Gasteiger partial charge in [-0.1, -0.05) is 11.3 Å². The van der Waals surface area contributed by atoms with Gasteiger partial charge in [0.25, 0.3) is 0 Å². The summed E-state index contributed by atoms with van der Waals surface area (Å²) >= 11 is 1.35. The maximum atomic E-state index is 12.6. The number of fused-ring (bicyclic) bond motifs is 1. The highest BCUT2D eigenvalue weighted by molar-refractivity contribution is 7.22. The average molecular weight is 302 g/mol. The molecule has 1 N–H and O–H groups in total. The molecule has 1 aromatic heterocycles. The van der Waals surface area contributed by atoms with Crippen molar-refractivity contribution >= 4 is 26.7 Å². The first-order valence-electron chi connectivity index (χ1n) is 6.35. The number of benzene rings is 1. The molecule has 1 atom stereocenters. The molecular weight excluding hydrogens is 289 g/mol. The fraction of sp³-hybridized carbons (Fsp3) is 0.462. The lowest BCUT2D eigenvalue weighted by Crippen LogP contribution is -2.18. The van der Waals surface area contributed by atoms with Gasteiger partial charge in [-0.2, -0.15) is 13.2 Å². The zero-order valence-corrected chi connectivity index (χ0v) is 11.4. The minimum atomic E-state index is -4.33. The summed E-state index contributed by atoms with van der Waals surface area (Å²) in [4.78, 5) is 4.20. The second kappa shape index (κ2) is 5.21. The molecule has 3 rings (SSSR count). The maximum Gasteiger partial charge on any atom is 0.416 e. The average Bonchev–Trinajstić information content (AvgIpc) is 3.03. The molecule has 108 valence electrons. The van der Waals surface area contributed by atoms with E-state index in [1.165, 1.54) is 17.4 Å². The van der Waals surface area contributed by atoms with E-state index in [1.54, 1.807) is 0 Å². The zero-order chi connectivity index (χ0) is 14.2. The van der Waals surface area contributed by atoms with Gasteiger partial charge in [-0.15, -0.1) is 0 Å². The SMILES string of the molecule is FC(F)(F)c1ccc2sc(NCC3CCCO3)nc2c1. The summed E-state index contributed by atoms with van der Waals surface area (Å²) in [6, 6.07) is 3.64. The number of thiazole rings is 1. The van der Waals surface area contributed by atoms with Gasteiger partial charge >= 0.3 is 6.18 Å². The van der Waals surface area contributed by atoms with Gasteiger partial charge < -0.3 is 10.1 Å². The summed E-state index contributed by atoms with van der Waals surface area (Å²) in [6.45, 7) is 1.42. The van der Waals surface area contributed by atoms with Crippen molar-refractivity contribution in [2.75, 3.05) is 18.5 Å². The van der Waals surface area contributed by atoms with E-state index < -0.39 is 11.7 Å². The molecule has 1 aliphatic rings. The molecule has 1 saturated heterocycles. The Bertz CT molecular complexity index is 605. The Labute approximate surface area is 117 Å². The first kappa shape index (κ1) is 13.6. The van der Waals surface area contributed by atoms with Gasteiger partial charge in [0.05, 0.1) is 21.9 Å². The monoisotopic (exact) mass is 302 g/mol. The van der Waals surface area contributed by atoms with Crippen molar-refractivity contribution in [1.29, 1.82) is 0 Å². The molecule has 1 aromatic carbocycles. The lowest BCUT2D eigenvalue weighted by Gasteiger charge is -2.08. The van der Waals surface area contributed by atoms with Crippen molar-refractivity contribution in [3.8, 4) is 0 Å². The van der Waals surface area contributed by atoms with Crippen molar-refractivity contribution in [2.45, 2.75) is 25.1 Å². The molecule has 0 bridgehead atoms. The minimum absolute atomic E-state index is 0.174. The largest absolute Gasteiger partial charge is 0.416 e. The van der Waals surface area contributed by atoms with E-state index in [0.717, 1.165) is 36.3 Å². The molecular formula is C13H13F3N2OS. The van der Waals surface area contributed by atoms with Gasteiger partial charge in [0, 0.05) is 13.2 Å². The van der Waals surface area contributed by atoms with Crippen LogP contribution in [-0.4, -0.2) is 24.2 Å². The number of hydrogen-bond acceptors (Lipinski definition) is 4. The van der Waals surface area contributed by atoms with Crippen molar-refractivity contribution < 1.29 is 17.9 Å². The molecule has 2 aromatic rings. The molecule has 1 aliphatic heterocycles. The predicted molar refractivity (Wildman–Crippen MR) is 72.1 cm³/mol. The first-order valence-corrected chi connectivity index (χ1v) is 7.17.